The number of hydrogen-bond acceptors (Lipinski definition) is 3. The molecule has 0 aliphatic rings. The van der Waals surface area contributed by atoms with Gasteiger partial charge in [-0.1, -0.05) is 32.4 Å². The first kappa shape index (κ1) is 15.9. The number of aromatic nitrogens is 1. The summed E-state index contributed by atoms with van der Waals surface area (Å²) < 4.78 is 27.2. The van der Waals surface area contributed by atoms with Gasteiger partial charge in [0.2, 0.25) is 10.0 Å². The summed E-state index contributed by atoms with van der Waals surface area (Å²) in [4.78, 5) is 4.64. The van der Waals surface area contributed by atoms with E-state index in [1.165, 1.54) is 4.31 Å². The molecule has 0 saturated heterocycles. The van der Waals surface area contributed by atoms with E-state index in [9.17, 15) is 8.42 Å². The summed E-state index contributed by atoms with van der Waals surface area (Å²) in [6.07, 6.45) is 3.55. The van der Waals surface area contributed by atoms with Crippen LogP contribution in [0, 0.1) is 6.92 Å². The van der Waals surface area contributed by atoms with Gasteiger partial charge in [-0.25, -0.2) is 8.42 Å². The van der Waals surface area contributed by atoms with Crippen molar-refractivity contribution in [1.29, 1.82) is 0 Å². The number of rotatable bonds is 6. The number of sulfonamides is 1. The molecule has 0 radical (unpaired) electrons. The number of unbranched alkanes of at least 4 members (excludes halogenated alkanes) is 1. The van der Waals surface area contributed by atoms with Crippen molar-refractivity contribution >= 4 is 20.9 Å². The Morgan fingerprint density at radius 2 is 2.00 bits per heavy atom. The van der Waals surface area contributed by atoms with Crippen molar-refractivity contribution < 1.29 is 8.42 Å². The Morgan fingerprint density at radius 3 is 2.67 bits per heavy atom. The van der Waals surface area contributed by atoms with Gasteiger partial charge in [0, 0.05) is 24.7 Å². The Morgan fingerprint density at radius 1 is 1.24 bits per heavy atom. The summed E-state index contributed by atoms with van der Waals surface area (Å²) >= 11 is 0. The van der Waals surface area contributed by atoms with Gasteiger partial charge < -0.3 is 0 Å². The van der Waals surface area contributed by atoms with E-state index in [0.29, 0.717) is 23.5 Å². The van der Waals surface area contributed by atoms with Crippen LogP contribution < -0.4 is 0 Å². The van der Waals surface area contributed by atoms with E-state index in [-0.39, 0.29) is 0 Å². The predicted octanol–water partition coefficient (Wildman–Crippen LogP) is 3.35. The summed E-state index contributed by atoms with van der Waals surface area (Å²) in [5, 5.41) is 0.864. The highest BCUT2D eigenvalue weighted by atomic mass is 32.2. The van der Waals surface area contributed by atoms with Crippen molar-refractivity contribution in [3.63, 3.8) is 0 Å². The highest BCUT2D eigenvalue weighted by Gasteiger charge is 2.25. The van der Waals surface area contributed by atoms with Gasteiger partial charge >= 0.3 is 0 Å². The van der Waals surface area contributed by atoms with Gasteiger partial charge in [0.25, 0.3) is 0 Å². The summed E-state index contributed by atoms with van der Waals surface area (Å²) in [6, 6.07) is 7.29. The van der Waals surface area contributed by atoms with E-state index in [4.69, 9.17) is 0 Å². The fourth-order valence-corrected chi connectivity index (χ4v) is 4.03. The molecule has 0 fully saturated rings. The molecule has 4 nitrogen and oxygen atoms in total. The third kappa shape index (κ3) is 3.24. The Labute approximate surface area is 126 Å². The number of fused-ring (bicyclic) bond motifs is 1. The molecule has 0 atom stereocenters. The van der Waals surface area contributed by atoms with Crippen LogP contribution in [0.25, 0.3) is 10.9 Å². The normalized spacial score (nSPS) is 12.2. The van der Waals surface area contributed by atoms with Gasteiger partial charge in [-0.2, -0.15) is 4.31 Å². The number of para-hydroxylation sites is 1. The average Bonchev–Trinajstić information content (AvgIpc) is 2.46. The molecule has 0 N–H and O–H groups in total. The van der Waals surface area contributed by atoms with Crippen LogP contribution in [0.3, 0.4) is 0 Å². The standard InChI is InChI=1S/C16H22N2O2S/c1-4-6-10-18(5-2)21(19,20)15-9-7-8-14-11-13(3)12-17-16(14)15/h7-9,11-12H,4-6,10H2,1-3H3. The zero-order chi connectivity index (χ0) is 15.5. The molecule has 0 aliphatic heterocycles. The molecule has 0 spiro atoms. The molecule has 0 saturated carbocycles. The lowest BCUT2D eigenvalue weighted by atomic mass is 10.2. The van der Waals surface area contributed by atoms with Crippen molar-refractivity contribution in [2.75, 3.05) is 13.1 Å². The zero-order valence-electron chi connectivity index (χ0n) is 12.8. The van der Waals surface area contributed by atoms with Gasteiger partial charge in [0.05, 0.1) is 5.52 Å². The minimum atomic E-state index is -3.49. The third-order valence-electron chi connectivity index (χ3n) is 3.54. The minimum absolute atomic E-state index is 0.304. The molecular weight excluding hydrogens is 284 g/mol. The van der Waals surface area contributed by atoms with Crippen LogP contribution in [-0.4, -0.2) is 30.8 Å². The lowest BCUT2D eigenvalue weighted by molar-refractivity contribution is 0.419. The monoisotopic (exact) mass is 306 g/mol. The van der Waals surface area contributed by atoms with Crippen molar-refractivity contribution in [3.05, 3.63) is 36.0 Å². The van der Waals surface area contributed by atoms with E-state index < -0.39 is 10.0 Å². The third-order valence-corrected chi connectivity index (χ3v) is 5.55. The molecule has 1 aromatic carbocycles. The van der Waals surface area contributed by atoms with Crippen LogP contribution in [0.5, 0.6) is 0 Å². The summed E-state index contributed by atoms with van der Waals surface area (Å²) in [5.74, 6) is 0. The second-order valence-electron chi connectivity index (χ2n) is 5.19. The first-order valence-corrected chi connectivity index (χ1v) is 8.80. The van der Waals surface area contributed by atoms with E-state index >= 15 is 0 Å². The fourth-order valence-electron chi connectivity index (χ4n) is 2.37. The Kier molecular flexibility index (Phi) is 4.96. The Hall–Kier alpha value is -1.46. The lowest BCUT2D eigenvalue weighted by Crippen LogP contribution is -2.32. The second-order valence-corrected chi connectivity index (χ2v) is 7.10. The molecule has 114 valence electrons. The molecule has 0 amide bonds. The Bertz CT molecular complexity index is 726. The SMILES string of the molecule is CCCCN(CC)S(=O)(=O)c1cccc2cc(C)cnc12. The van der Waals surface area contributed by atoms with E-state index in [2.05, 4.69) is 11.9 Å². The molecule has 0 bridgehead atoms. The maximum absolute atomic E-state index is 12.9. The first-order chi connectivity index (χ1) is 10.0. The molecular formula is C16H22N2O2S. The van der Waals surface area contributed by atoms with Crippen molar-refractivity contribution in [2.24, 2.45) is 0 Å². The molecule has 21 heavy (non-hydrogen) atoms. The van der Waals surface area contributed by atoms with Crippen molar-refractivity contribution in [2.45, 2.75) is 38.5 Å². The van der Waals surface area contributed by atoms with Crippen molar-refractivity contribution in [1.82, 2.24) is 9.29 Å². The molecule has 1 heterocycles. The summed E-state index contributed by atoms with van der Waals surface area (Å²) in [7, 11) is -3.49. The highest BCUT2D eigenvalue weighted by molar-refractivity contribution is 7.89. The largest absolute Gasteiger partial charge is 0.255 e. The molecule has 1 aromatic heterocycles. The lowest BCUT2D eigenvalue weighted by Gasteiger charge is -2.20. The number of benzene rings is 1. The van der Waals surface area contributed by atoms with E-state index in [1.807, 2.05) is 26.0 Å². The van der Waals surface area contributed by atoms with Crippen LogP contribution in [-0.2, 0) is 10.0 Å². The van der Waals surface area contributed by atoms with Crippen LogP contribution >= 0.6 is 0 Å². The average molecular weight is 306 g/mol. The predicted molar refractivity (Wildman–Crippen MR) is 85.8 cm³/mol. The van der Waals surface area contributed by atoms with Gasteiger partial charge in [0.15, 0.2) is 0 Å². The van der Waals surface area contributed by atoms with Crippen molar-refractivity contribution in [3.8, 4) is 0 Å². The second kappa shape index (κ2) is 6.54. The molecule has 2 aromatic rings. The fraction of sp³-hybridized carbons (Fsp3) is 0.438. The van der Waals surface area contributed by atoms with Crippen LogP contribution in [0.15, 0.2) is 35.4 Å². The maximum atomic E-state index is 12.9. The first-order valence-electron chi connectivity index (χ1n) is 7.36. The summed E-state index contributed by atoms with van der Waals surface area (Å²) in [6.45, 7) is 6.91. The van der Waals surface area contributed by atoms with Crippen LogP contribution in [0.1, 0.15) is 32.3 Å². The van der Waals surface area contributed by atoms with Gasteiger partial charge in [-0.3, -0.25) is 4.98 Å². The Balaban J connectivity index is 2.53. The van der Waals surface area contributed by atoms with Crippen LogP contribution in [0.2, 0.25) is 0 Å². The zero-order valence-corrected chi connectivity index (χ0v) is 13.7. The number of nitrogens with zero attached hydrogens (tertiary/aromatic N) is 2. The minimum Gasteiger partial charge on any atom is -0.255 e. The molecule has 0 aliphatic carbocycles. The molecule has 2 rings (SSSR count). The van der Waals surface area contributed by atoms with Gasteiger partial charge in [-0.15, -0.1) is 0 Å². The van der Waals surface area contributed by atoms with E-state index in [0.717, 1.165) is 23.8 Å². The number of hydrogen-bond donors (Lipinski definition) is 0. The summed E-state index contributed by atoms with van der Waals surface area (Å²) in [5.41, 5.74) is 1.58. The number of aryl methyl sites for hydroxylation is 1. The molecule has 5 heteroatoms. The van der Waals surface area contributed by atoms with E-state index in [1.54, 1.807) is 18.3 Å². The number of pyridine rings is 1. The van der Waals surface area contributed by atoms with Gasteiger partial charge in [-0.05, 0) is 31.0 Å². The molecule has 0 unspecified atom stereocenters. The maximum Gasteiger partial charge on any atom is 0.245 e. The van der Waals surface area contributed by atoms with Gasteiger partial charge in [0.1, 0.15) is 4.90 Å². The smallest absolute Gasteiger partial charge is 0.245 e. The van der Waals surface area contributed by atoms with Crippen LogP contribution in [0.4, 0.5) is 0 Å². The quantitative estimate of drug-likeness (QED) is 0.822. The highest BCUT2D eigenvalue weighted by Crippen LogP contribution is 2.24. The topological polar surface area (TPSA) is 50.3 Å².